The Morgan fingerprint density at radius 2 is 1.73 bits per heavy atom. The average Bonchev–Trinajstić information content (AvgIpc) is 2.56. The summed E-state index contributed by atoms with van der Waals surface area (Å²) in [7, 11) is 0. The number of rotatable bonds is 8. The highest BCUT2D eigenvalue weighted by atomic mass is 32.2. The molecule has 1 aromatic carbocycles. The zero-order valence-corrected chi connectivity index (χ0v) is 16.3. The van der Waals surface area contributed by atoms with Crippen molar-refractivity contribution in [2.24, 2.45) is 11.8 Å². The van der Waals surface area contributed by atoms with Crippen molar-refractivity contribution in [2.45, 2.75) is 20.3 Å². The third kappa shape index (κ3) is 7.74. The molecule has 0 aliphatic carbocycles. The molecule has 1 aromatic rings. The van der Waals surface area contributed by atoms with E-state index < -0.39 is 0 Å². The monoisotopic (exact) mass is 381 g/mol. The van der Waals surface area contributed by atoms with Gasteiger partial charge >= 0.3 is 0 Å². The summed E-state index contributed by atoms with van der Waals surface area (Å²) in [6, 6.07) is 5.60. The van der Waals surface area contributed by atoms with Gasteiger partial charge in [-0.1, -0.05) is 13.8 Å². The van der Waals surface area contributed by atoms with E-state index in [9.17, 15) is 14.0 Å². The fraction of sp³-hybridized carbons (Fsp3) is 0.579. The van der Waals surface area contributed by atoms with E-state index in [1.807, 2.05) is 0 Å². The lowest BCUT2D eigenvalue weighted by Crippen LogP contribution is -2.43. The number of piperidine rings is 1. The number of benzene rings is 1. The lowest BCUT2D eigenvalue weighted by Gasteiger charge is -2.34. The zero-order chi connectivity index (χ0) is 18.9. The van der Waals surface area contributed by atoms with E-state index >= 15 is 0 Å². The van der Waals surface area contributed by atoms with Gasteiger partial charge in [0.15, 0.2) is 0 Å². The molecule has 0 radical (unpaired) electrons. The highest BCUT2D eigenvalue weighted by Gasteiger charge is 2.21. The second kappa shape index (κ2) is 10.5. The van der Waals surface area contributed by atoms with Crippen LogP contribution < -0.4 is 10.6 Å². The van der Waals surface area contributed by atoms with E-state index in [1.165, 1.54) is 42.4 Å². The van der Waals surface area contributed by atoms with Crippen LogP contribution in [0.5, 0.6) is 0 Å². The standard InChI is InChI=1S/C19H28FN3O2S/c1-14-9-15(2)11-23(10-14)8-7-21-18(24)12-26-13-19(25)22-17-5-3-16(20)4-6-17/h3-6,14-15H,7-13H2,1-2H3,(H,21,24)(H,22,25). The molecule has 1 fully saturated rings. The first-order valence-electron chi connectivity index (χ1n) is 9.04. The van der Waals surface area contributed by atoms with Crippen LogP contribution in [-0.4, -0.2) is 54.4 Å². The van der Waals surface area contributed by atoms with Crippen LogP contribution in [0.4, 0.5) is 10.1 Å². The Hall–Kier alpha value is -1.60. The molecule has 1 heterocycles. The molecule has 26 heavy (non-hydrogen) atoms. The molecular formula is C19H28FN3O2S. The topological polar surface area (TPSA) is 61.4 Å². The minimum atomic E-state index is -0.345. The number of thioether (sulfide) groups is 1. The molecule has 1 aliphatic rings. The van der Waals surface area contributed by atoms with Crippen molar-refractivity contribution in [2.75, 3.05) is 43.0 Å². The molecule has 0 saturated carbocycles. The van der Waals surface area contributed by atoms with Crippen molar-refractivity contribution in [3.05, 3.63) is 30.1 Å². The summed E-state index contributed by atoms with van der Waals surface area (Å²) in [5.74, 6) is 1.26. The molecule has 2 N–H and O–H groups in total. The Morgan fingerprint density at radius 3 is 2.38 bits per heavy atom. The number of amides is 2. The van der Waals surface area contributed by atoms with Crippen molar-refractivity contribution in [3.63, 3.8) is 0 Å². The second-order valence-electron chi connectivity index (χ2n) is 7.10. The van der Waals surface area contributed by atoms with Gasteiger partial charge in [0.2, 0.25) is 11.8 Å². The Labute approximate surface area is 159 Å². The molecule has 1 aliphatic heterocycles. The summed E-state index contributed by atoms with van der Waals surface area (Å²) in [6.45, 7) is 8.25. The molecule has 2 atom stereocenters. The van der Waals surface area contributed by atoms with Crippen LogP contribution in [0.1, 0.15) is 20.3 Å². The van der Waals surface area contributed by atoms with Crippen LogP contribution in [0.2, 0.25) is 0 Å². The number of carbonyl (C=O) groups excluding carboxylic acids is 2. The van der Waals surface area contributed by atoms with Gasteiger partial charge in [-0.25, -0.2) is 4.39 Å². The number of likely N-dealkylation sites (tertiary alicyclic amines) is 1. The number of nitrogens with one attached hydrogen (secondary N) is 2. The van der Waals surface area contributed by atoms with Crippen molar-refractivity contribution in [1.82, 2.24) is 10.2 Å². The predicted molar refractivity (Wildman–Crippen MR) is 105 cm³/mol. The Balaban J connectivity index is 1.55. The smallest absolute Gasteiger partial charge is 0.234 e. The summed E-state index contributed by atoms with van der Waals surface area (Å²) in [5.41, 5.74) is 0.548. The average molecular weight is 382 g/mol. The molecule has 2 rings (SSSR count). The fourth-order valence-corrected chi connectivity index (χ4v) is 3.99. The maximum Gasteiger partial charge on any atom is 0.234 e. The van der Waals surface area contributed by atoms with Crippen LogP contribution in [0, 0.1) is 17.7 Å². The minimum Gasteiger partial charge on any atom is -0.354 e. The number of halogens is 1. The van der Waals surface area contributed by atoms with Crippen molar-refractivity contribution < 1.29 is 14.0 Å². The molecule has 2 unspecified atom stereocenters. The van der Waals surface area contributed by atoms with Crippen LogP contribution in [0.15, 0.2) is 24.3 Å². The SMILES string of the molecule is CC1CC(C)CN(CCNC(=O)CSCC(=O)Nc2ccc(F)cc2)C1. The Bertz CT molecular complexity index is 587. The molecule has 0 aromatic heterocycles. The maximum atomic E-state index is 12.8. The Morgan fingerprint density at radius 1 is 1.12 bits per heavy atom. The summed E-state index contributed by atoms with van der Waals surface area (Å²) >= 11 is 1.27. The summed E-state index contributed by atoms with van der Waals surface area (Å²) in [5, 5.41) is 5.59. The van der Waals surface area contributed by atoms with Crippen molar-refractivity contribution in [3.8, 4) is 0 Å². The van der Waals surface area contributed by atoms with E-state index in [4.69, 9.17) is 0 Å². The number of carbonyl (C=O) groups is 2. The van der Waals surface area contributed by atoms with Crippen LogP contribution in [0.3, 0.4) is 0 Å². The lowest BCUT2D eigenvalue weighted by molar-refractivity contribution is -0.118. The van der Waals surface area contributed by atoms with Gasteiger partial charge in [-0.2, -0.15) is 0 Å². The third-order valence-corrected chi connectivity index (χ3v) is 5.22. The van der Waals surface area contributed by atoms with E-state index in [2.05, 4.69) is 29.4 Å². The molecule has 2 amide bonds. The second-order valence-corrected chi connectivity index (χ2v) is 8.09. The number of nitrogens with zero attached hydrogens (tertiary/aromatic N) is 1. The molecule has 0 bridgehead atoms. The van der Waals surface area contributed by atoms with Gasteiger partial charge in [0, 0.05) is 31.9 Å². The zero-order valence-electron chi connectivity index (χ0n) is 15.5. The van der Waals surface area contributed by atoms with Gasteiger partial charge < -0.3 is 15.5 Å². The quantitative estimate of drug-likeness (QED) is 0.727. The van der Waals surface area contributed by atoms with E-state index in [0.717, 1.165) is 19.6 Å². The molecule has 1 saturated heterocycles. The number of hydrogen-bond donors (Lipinski definition) is 2. The first-order valence-corrected chi connectivity index (χ1v) is 10.2. The van der Waals surface area contributed by atoms with Gasteiger partial charge in [0.1, 0.15) is 5.82 Å². The summed E-state index contributed by atoms with van der Waals surface area (Å²) in [6.07, 6.45) is 1.28. The van der Waals surface area contributed by atoms with Gasteiger partial charge in [-0.15, -0.1) is 11.8 Å². The van der Waals surface area contributed by atoms with E-state index in [0.29, 0.717) is 24.1 Å². The van der Waals surface area contributed by atoms with Crippen LogP contribution >= 0.6 is 11.8 Å². The number of hydrogen-bond acceptors (Lipinski definition) is 4. The maximum absolute atomic E-state index is 12.8. The number of anilines is 1. The highest BCUT2D eigenvalue weighted by molar-refractivity contribution is 8.00. The summed E-state index contributed by atoms with van der Waals surface area (Å²) < 4.78 is 12.8. The first-order chi connectivity index (χ1) is 12.4. The minimum absolute atomic E-state index is 0.0531. The summed E-state index contributed by atoms with van der Waals surface area (Å²) in [4.78, 5) is 26.1. The van der Waals surface area contributed by atoms with Gasteiger partial charge in [0.25, 0.3) is 0 Å². The molecule has 0 spiro atoms. The highest BCUT2D eigenvalue weighted by Crippen LogP contribution is 2.20. The fourth-order valence-electron chi connectivity index (χ4n) is 3.35. The van der Waals surface area contributed by atoms with Gasteiger partial charge in [-0.3, -0.25) is 9.59 Å². The normalized spacial score (nSPS) is 20.6. The lowest BCUT2D eigenvalue weighted by atomic mass is 9.92. The van der Waals surface area contributed by atoms with E-state index in [-0.39, 0.29) is 29.1 Å². The van der Waals surface area contributed by atoms with Gasteiger partial charge in [0.05, 0.1) is 11.5 Å². The third-order valence-electron chi connectivity index (χ3n) is 4.29. The van der Waals surface area contributed by atoms with E-state index in [1.54, 1.807) is 0 Å². The first kappa shape index (κ1) is 20.7. The van der Waals surface area contributed by atoms with Crippen molar-refractivity contribution in [1.29, 1.82) is 0 Å². The Kier molecular flexibility index (Phi) is 8.38. The van der Waals surface area contributed by atoms with Crippen LogP contribution in [-0.2, 0) is 9.59 Å². The largest absolute Gasteiger partial charge is 0.354 e. The molecule has 5 nitrogen and oxygen atoms in total. The molecule has 144 valence electrons. The van der Waals surface area contributed by atoms with Crippen LogP contribution in [0.25, 0.3) is 0 Å². The predicted octanol–water partition coefficient (Wildman–Crippen LogP) is 2.59. The molecule has 7 heteroatoms. The van der Waals surface area contributed by atoms with Gasteiger partial charge in [-0.05, 0) is 42.5 Å². The van der Waals surface area contributed by atoms with Crippen molar-refractivity contribution >= 4 is 29.3 Å². The molecular weight excluding hydrogens is 353 g/mol.